The van der Waals surface area contributed by atoms with Crippen LogP contribution in [0.5, 0.6) is 0 Å². The molecule has 0 radical (unpaired) electrons. The third kappa shape index (κ3) is 2.79. The van der Waals surface area contributed by atoms with E-state index in [4.69, 9.17) is 17.3 Å². The Balaban J connectivity index is 1.74. The summed E-state index contributed by atoms with van der Waals surface area (Å²) in [5.41, 5.74) is 8.09. The van der Waals surface area contributed by atoms with Crippen molar-refractivity contribution >= 4 is 29.1 Å². The standard InChI is InChI=1S/C17H19ClN8/c1-2-26-10-12(8-22-26)23-16-24-15-14(13(18)9-21-15)17(19,25-16)11-4-3-6-20-7-5-11/h3-10,20-21H,2,19H2,1H3,(H2,23,24,25). The minimum atomic E-state index is -1.05. The van der Waals surface area contributed by atoms with E-state index < -0.39 is 5.66 Å². The molecule has 0 aromatic carbocycles. The molecule has 0 aliphatic carbocycles. The van der Waals surface area contributed by atoms with E-state index in [1.807, 2.05) is 48.4 Å². The molecule has 0 saturated heterocycles. The minimum absolute atomic E-state index is 0.504. The molecule has 26 heavy (non-hydrogen) atoms. The van der Waals surface area contributed by atoms with Crippen molar-refractivity contribution in [1.29, 1.82) is 0 Å². The number of hydrogen-bond donors (Lipinski definition) is 5. The summed E-state index contributed by atoms with van der Waals surface area (Å²) in [6.07, 6.45) is 14.7. The van der Waals surface area contributed by atoms with Gasteiger partial charge in [0.05, 0.1) is 22.5 Å². The second kappa shape index (κ2) is 6.40. The summed E-state index contributed by atoms with van der Waals surface area (Å²) >= 11 is 6.39. The fraction of sp³-hybridized carbons (Fsp3) is 0.176. The van der Waals surface area contributed by atoms with Crippen LogP contribution in [0.4, 0.5) is 11.5 Å². The largest absolute Gasteiger partial charge is 0.368 e. The molecule has 0 bridgehead atoms. The van der Waals surface area contributed by atoms with Crippen LogP contribution in [0, 0.1) is 0 Å². The van der Waals surface area contributed by atoms with Crippen LogP contribution in [-0.2, 0) is 12.2 Å². The number of halogens is 1. The maximum atomic E-state index is 6.80. The number of aliphatic imine (C=N–C) groups is 1. The topological polar surface area (TPSA) is 108 Å². The van der Waals surface area contributed by atoms with Crippen molar-refractivity contribution in [3.05, 3.63) is 65.4 Å². The Hall–Kier alpha value is -2.97. The van der Waals surface area contributed by atoms with Gasteiger partial charge in [0, 0.05) is 31.3 Å². The highest BCUT2D eigenvalue weighted by molar-refractivity contribution is 6.32. The molecular formula is C17H19ClN8. The molecule has 0 amide bonds. The third-order valence-corrected chi connectivity index (χ3v) is 4.55. The van der Waals surface area contributed by atoms with Gasteiger partial charge in [0.15, 0.2) is 0 Å². The molecule has 6 N–H and O–H groups in total. The van der Waals surface area contributed by atoms with Crippen molar-refractivity contribution in [3.8, 4) is 0 Å². The lowest BCUT2D eigenvalue weighted by Gasteiger charge is -2.36. The second-order valence-corrected chi connectivity index (χ2v) is 6.35. The van der Waals surface area contributed by atoms with E-state index >= 15 is 0 Å². The average molecular weight is 371 g/mol. The molecule has 1 atom stereocenters. The van der Waals surface area contributed by atoms with Gasteiger partial charge in [0.25, 0.3) is 0 Å². The highest BCUT2D eigenvalue weighted by Gasteiger charge is 2.40. The lowest BCUT2D eigenvalue weighted by atomic mass is 9.91. The van der Waals surface area contributed by atoms with Crippen molar-refractivity contribution in [2.45, 2.75) is 19.1 Å². The smallest absolute Gasteiger partial charge is 0.204 e. The monoisotopic (exact) mass is 370 g/mol. The van der Waals surface area contributed by atoms with Crippen LogP contribution in [0.2, 0.25) is 5.02 Å². The first-order valence-corrected chi connectivity index (χ1v) is 8.60. The molecule has 4 rings (SSSR count). The minimum Gasteiger partial charge on any atom is -0.368 e. The summed E-state index contributed by atoms with van der Waals surface area (Å²) in [6, 6.07) is 0. The van der Waals surface area contributed by atoms with Gasteiger partial charge >= 0.3 is 0 Å². The van der Waals surface area contributed by atoms with E-state index in [1.54, 1.807) is 12.4 Å². The fourth-order valence-electron chi connectivity index (χ4n) is 2.97. The number of H-pyrrole nitrogens is 1. The van der Waals surface area contributed by atoms with E-state index in [1.165, 1.54) is 0 Å². The van der Waals surface area contributed by atoms with Crippen molar-refractivity contribution in [2.24, 2.45) is 10.7 Å². The van der Waals surface area contributed by atoms with Crippen molar-refractivity contribution < 1.29 is 0 Å². The number of aromatic amines is 1. The zero-order chi connectivity index (χ0) is 18.1. The summed E-state index contributed by atoms with van der Waals surface area (Å²) in [4.78, 5) is 7.65. The summed E-state index contributed by atoms with van der Waals surface area (Å²) < 4.78 is 1.82. The third-order valence-electron chi connectivity index (χ3n) is 4.25. The van der Waals surface area contributed by atoms with Gasteiger partial charge in [0.1, 0.15) is 11.5 Å². The Labute approximate surface area is 155 Å². The van der Waals surface area contributed by atoms with Gasteiger partial charge in [0.2, 0.25) is 5.96 Å². The maximum Gasteiger partial charge on any atom is 0.204 e. The Kier molecular flexibility index (Phi) is 4.06. The lowest BCUT2D eigenvalue weighted by Crippen LogP contribution is -2.57. The number of hydrogen-bond acceptors (Lipinski definition) is 6. The molecule has 2 aromatic rings. The van der Waals surface area contributed by atoms with Crippen molar-refractivity contribution in [3.63, 3.8) is 0 Å². The number of nitrogens with one attached hydrogen (secondary N) is 4. The van der Waals surface area contributed by atoms with Crippen LogP contribution < -0.4 is 21.7 Å². The summed E-state index contributed by atoms with van der Waals surface area (Å²) in [5.74, 6) is 1.11. The van der Waals surface area contributed by atoms with E-state index in [9.17, 15) is 0 Å². The molecule has 9 heteroatoms. The number of aryl methyl sites for hydroxylation is 1. The van der Waals surface area contributed by atoms with E-state index in [0.29, 0.717) is 22.4 Å². The van der Waals surface area contributed by atoms with Gasteiger partial charge < -0.3 is 26.7 Å². The van der Waals surface area contributed by atoms with E-state index in [-0.39, 0.29) is 0 Å². The predicted octanol–water partition coefficient (Wildman–Crippen LogP) is 2.26. The summed E-state index contributed by atoms with van der Waals surface area (Å²) in [5, 5.41) is 14.3. The molecule has 2 aromatic heterocycles. The number of aromatic nitrogens is 3. The highest BCUT2D eigenvalue weighted by atomic mass is 35.5. The van der Waals surface area contributed by atoms with Crippen LogP contribution in [0.3, 0.4) is 0 Å². The Morgan fingerprint density at radius 1 is 1.38 bits per heavy atom. The maximum absolute atomic E-state index is 6.80. The number of nitrogens with zero attached hydrogens (tertiary/aromatic N) is 3. The number of fused-ring (bicyclic) bond motifs is 1. The summed E-state index contributed by atoms with van der Waals surface area (Å²) in [6.45, 7) is 2.81. The van der Waals surface area contributed by atoms with Gasteiger partial charge in [-0.2, -0.15) is 10.1 Å². The SMILES string of the molecule is CCn1cc(NC2=Nc3[nH]cc(Cl)c3C(N)(C3=CC=CNC=C3)N2)cn1. The predicted molar refractivity (Wildman–Crippen MR) is 103 cm³/mol. The molecule has 2 aliphatic rings. The van der Waals surface area contributed by atoms with Gasteiger partial charge in [-0.15, -0.1) is 0 Å². The van der Waals surface area contributed by atoms with Crippen LogP contribution in [0.1, 0.15) is 12.5 Å². The van der Waals surface area contributed by atoms with Crippen LogP contribution in [0.25, 0.3) is 0 Å². The number of nitrogens with two attached hydrogens (primary N) is 1. The molecule has 8 nitrogen and oxygen atoms in total. The fourth-order valence-corrected chi connectivity index (χ4v) is 3.27. The first-order valence-electron chi connectivity index (χ1n) is 8.22. The Morgan fingerprint density at radius 3 is 3.08 bits per heavy atom. The average Bonchev–Trinajstić information content (AvgIpc) is 3.11. The van der Waals surface area contributed by atoms with Gasteiger partial charge in [-0.3, -0.25) is 4.68 Å². The second-order valence-electron chi connectivity index (χ2n) is 5.94. The molecule has 134 valence electrons. The van der Waals surface area contributed by atoms with Gasteiger partial charge in [-0.05, 0) is 24.6 Å². The molecule has 1 unspecified atom stereocenters. The first-order chi connectivity index (χ1) is 12.6. The van der Waals surface area contributed by atoms with Crippen LogP contribution >= 0.6 is 11.6 Å². The first kappa shape index (κ1) is 16.5. The molecule has 0 spiro atoms. The Morgan fingerprint density at radius 2 is 2.27 bits per heavy atom. The molecule has 2 aliphatic heterocycles. The van der Waals surface area contributed by atoms with Crippen LogP contribution in [0.15, 0.2) is 59.8 Å². The zero-order valence-corrected chi connectivity index (χ0v) is 14.9. The molecule has 4 heterocycles. The number of guanidine groups is 1. The van der Waals surface area contributed by atoms with Crippen molar-refractivity contribution in [1.82, 2.24) is 25.4 Å². The molecule has 0 saturated carbocycles. The number of allylic oxidation sites excluding steroid dienone is 2. The summed E-state index contributed by atoms with van der Waals surface area (Å²) in [7, 11) is 0. The van der Waals surface area contributed by atoms with E-state index in [0.717, 1.165) is 17.8 Å². The zero-order valence-electron chi connectivity index (χ0n) is 14.1. The van der Waals surface area contributed by atoms with Crippen molar-refractivity contribution in [2.75, 3.05) is 5.32 Å². The van der Waals surface area contributed by atoms with Gasteiger partial charge in [-0.25, -0.2) is 0 Å². The normalized spacial score (nSPS) is 21.2. The Bertz CT molecular complexity index is 948. The van der Waals surface area contributed by atoms with E-state index in [2.05, 4.69) is 31.0 Å². The quantitative estimate of drug-likeness (QED) is 0.569. The lowest BCUT2D eigenvalue weighted by molar-refractivity contribution is 0.492. The number of rotatable bonds is 3. The number of anilines is 1. The van der Waals surface area contributed by atoms with Gasteiger partial charge in [-0.1, -0.05) is 17.7 Å². The van der Waals surface area contributed by atoms with Crippen LogP contribution in [-0.4, -0.2) is 20.7 Å². The highest BCUT2D eigenvalue weighted by Crippen LogP contribution is 2.40. The molecular weight excluding hydrogens is 352 g/mol. The molecule has 0 fully saturated rings.